The summed E-state index contributed by atoms with van der Waals surface area (Å²) >= 11 is 0. The first-order valence-electron chi connectivity index (χ1n) is 7.61. The maximum atomic E-state index is 12.9. The minimum absolute atomic E-state index is 0.00483. The number of aromatic nitrogens is 1. The lowest BCUT2D eigenvalue weighted by Crippen LogP contribution is -2.55. The van der Waals surface area contributed by atoms with Gasteiger partial charge in [0, 0.05) is 31.4 Å². The average Bonchev–Trinajstić information content (AvgIpc) is 2.90. The Hall–Kier alpha value is -1.91. The minimum Gasteiger partial charge on any atom is -0.342 e. The molecule has 1 aromatic heterocycles. The van der Waals surface area contributed by atoms with Gasteiger partial charge in [-0.1, -0.05) is 18.9 Å². The third-order valence-corrected chi connectivity index (χ3v) is 4.49. The van der Waals surface area contributed by atoms with E-state index in [4.69, 9.17) is 0 Å². The number of pyridine rings is 1. The van der Waals surface area contributed by atoms with Crippen LogP contribution in [0.1, 0.15) is 43.4 Å². The van der Waals surface area contributed by atoms with Crippen LogP contribution >= 0.6 is 0 Å². The quantitative estimate of drug-likeness (QED) is 0.897. The highest BCUT2D eigenvalue weighted by Gasteiger charge is 2.46. The van der Waals surface area contributed by atoms with Crippen molar-refractivity contribution in [1.29, 1.82) is 0 Å². The monoisotopic (exact) mass is 287 g/mol. The zero-order valence-corrected chi connectivity index (χ0v) is 12.4. The summed E-state index contributed by atoms with van der Waals surface area (Å²) in [5.74, 6) is 0.0706. The normalized spacial score (nSPS) is 21.5. The highest BCUT2D eigenvalue weighted by atomic mass is 16.2. The predicted molar refractivity (Wildman–Crippen MR) is 78.3 cm³/mol. The molecule has 0 atom stereocenters. The second-order valence-electron chi connectivity index (χ2n) is 6.12. The van der Waals surface area contributed by atoms with Crippen LogP contribution in [0.2, 0.25) is 0 Å². The number of nitrogens with zero attached hydrogens (tertiary/aromatic N) is 2. The van der Waals surface area contributed by atoms with Gasteiger partial charge in [0.1, 0.15) is 5.54 Å². The average molecular weight is 287 g/mol. The van der Waals surface area contributed by atoms with E-state index in [1.165, 1.54) is 0 Å². The summed E-state index contributed by atoms with van der Waals surface area (Å²) < 4.78 is 0. The van der Waals surface area contributed by atoms with Crippen LogP contribution in [0.15, 0.2) is 18.3 Å². The number of amides is 2. The summed E-state index contributed by atoms with van der Waals surface area (Å²) in [6.07, 6.45) is 5.73. The van der Waals surface area contributed by atoms with Gasteiger partial charge in [0.2, 0.25) is 11.8 Å². The molecule has 5 nitrogen and oxygen atoms in total. The van der Waals surface area contributed by atoms with Gasteiger partial charge in [0.15, 0.2) is 0 Å². The number of nitrogens with one attached hydrogen (secondary N) is 1. The second-order valence-corrected chi connectivity index (χ2v) is 6.12. The lowest BCUT2D eigenvalue weighted by molar-refractivity contribution is -0.139. The molecule has 1 saturated heterocycles. The maximum Gasteiger partial charge on any atom is 0.248 e. The standard InChI is InChI=1S/C16H21N3O2/c1-12-4-5-13(10-17-12)11-19-9-6-14(20)18-16(15(19)21)7-2-3-8-16/h4-5,10H,2-3,6-9,11H2,1H3,(H,18,20). The van der Waals surface area contributed by atoms with Gasteiger partial charge in [-0.05, 0) is 31.4 Å². The molecule has 3 rings (SSSR count). The molecule has 0 aromatic carbocycles. The molecule has 1 N–H and O–H groups in total. The molecule has 5 heteroatoms. The van der Waals surface area contributed by atoms with E-state index in [1.54, 1.807) is 0 Å². The van der Waals surface area contributed by atoms with Crippen molar-refractivity contribution in [3.63, 3.8) is 0 Å². The molecule has 1 spiro atoms. The molecule has 1 aliphatic heterocycles. The summed E-state index contributed by atoms with van der Waals surface area (Å²) in [5.41, 5.74) is 1.33. The first-order chi connectivity index (χ1) is 10.1. The Morgan fingerprint density at radius 3 is 2.71 bits per heavy atom. The minimum atomic E-state index is -0.647. The summed E-state index contributed by atoms with van der Waals surface area (Å²) in [5, 5.41) is 2.98. The molecule has 2 aliphatic rings. The first-order valence-corrected chi connectivity index (χ1v) is 7.61. The number of carbonyl (C=O) groups excluding carboxylic acids is 2. The third kappa shape index (κ3) is 2.77. The van der Waals surface area contributed by atoms with Crippen molar-refractivity contribution in [1.82, 2.24) is 15.2 Å². The van der Waals surface area contributed by atoms with E-state index in [2.05, 4.69) is 10.3 Å². The first kappa shape index (κ1) is 14.0. The fourth-order valence-electron chi connectivity index (χ4n) is 3.30. The van der Waals surface area contributed by atoms with Crippen molar-refractivity contribution in [3.05, 3.63) is 29.6 Å². The molecule has 1 aliphatic carbocycles. The number of hydrogen-bond donors (Lipinski definition) is 1. The Kier molecular flexibility index (Phi) is 3.66. The van der Waals surface area contributed by atoms with E-state index in [0.717, 1.165) is 36.9 Å². The van der Waals surface area contributed by atoms with E-state index in [1.807, 2.05) is 30.2 Å². The van der Waals surface area contributed by atoms with Crippen LogP contribution in [0.3, 0.4) is 0 Å². The number of aryl methyl sites for hydroxylation is 1. The van der Waals surface area contributed by atoms with Crippen LogP contribution in [0, 0.1) is 6.92 Å². The van der Waals surface area contributed by atoms with Gasteiger partial charge in [0.25, 0.3) is 0 Å². The Balaban J connectivity index is 1.81. The molecule has 0 bridgehead atoms. The molecule has 2 fully saturated rings. The van der Waals surface area contributed by atoms with Crippen molar-refractivity contribution in [2.45, 2.75) is 51.1 Å². The van der Waals surface area contributed by atoms with E-state index >= 15 is 0 Å². The van der Waals surface area contributed by atoms with Gasteiger partial charge in [-0.25, -0.2) is 0 Å². The molecule has 2 amide bonds. The SMILES string of the molecule is Cc1ccc(CN2CCC(=O)NC3(CCCC3)C2=O)cn1. The van der Waals surface area contributed by atoms with Crippen molar-refractivity contribution < 1.29 is 9.59 Å². The number of rotatable bonds is 2. The molecular weight excluding hydrogens is 266 g/mol. The fourth-order valence-corrected chi connectivity index (χ4v) is 3.30. The lowest BCUT2D eigenvalue weighted by Gasteiger charge is -2.31. The zero-order valence-electron chi connectivity index (χ0n) is 12.4. The smallest absolute Gasteiger partial charge is 0.248 e. The predicted octanol–water partition coefficient (Wildman–Crippen LogP) is 1.55. The van der Waals surface area contributed by atoms with Crippen LogP contribution < -0.4 is 5.32 Å². The van der Waals surface area contributed by atoms with Crippen LogP contribution in [-0.2, 0) is 16.1 Å². The van der Waals surface area contributed by atoms with Crippen LogP contribution in [0.5, 0.6) is 0 Å². The molecule has 1 saturated carbocycles. The Labute approximate surface area is 124 Å². The van der Waals surface area contributed by atoms with Crippen LogP contribution in [0.4, 0.5) is 0 Å². The summed E-state index contributed by atoms with van der Waals surface area (Å²) in [4.78, 5) is 30.9. The van der Waals surface area contributed by atoms with Crippen LogP contribution in [-0.4, -0.2) is 33.8 Å². The lowest BCUT2D eigenvalue weighted by atomic mass is 9.95. The Bertz CT molecular complexity index is 547. The number of hydrogen-bond acceptors (Lipinski definition) is 3. The van der Waals surface area contributed by atoms with E-state index in [0.29, 0.717) is 19.5 Å². The maximum absolute atomic E-state index is 12.9. The highest BCUT2D eigenvalue weighted by Crippen LogP contribution is 2.33. The molecule has 2 heterocycles. The van der Waals surface area contributed by atoms with Crippen molar-refractivity contribution in [2.75, 3.05) is 6.54 Å². The highest BCUT2D eigenvalue weighted by molar-refractivity contribution is 5.93. The molecular formula is C16H21N3O2. The van der Waals surface area contributed by atoms with Crippen molar-refractivity contribution >= 4 is 11.8 Å². The number of carbonyl (C=O) groups is 2. The van der Waals surface area contributed by atoms with E-state index in [9.17, 15) is 9.59 Å². The molecule has 21 heavy (non-hydrogen) atoms. The Morgan fingerprint density at radius 1 is 1.29 bits per heavy atom. The topological polar surface area (TPSA) is 62.3 Å². The van der Waals surface area contributed by atoms with Crippen LogP contribution in [0.25, 0.3) is 0 Å². The summed E-state index contributed by atoms with van der Waals surface area (Å²) in [6, 6.07) is 3.95. The Morgan fingerprint density at radius 2 is 2.05 bits per heavy atom. The van der Waals surface area contributed by atoms with Gasteiger partial charge < -0.3 is 10.2 Å². The van der Waals surface area contributed by atoms with Gasteiger partial charge in [0.05, 0.1) is 0 Å². The van der Waals surface area contributed by atoms with Gasteiger partial charge in [-0.15, -0.1) is 0 Å². The molecule has 0 unspecified atom stereocenters. The fraction of sp³-hybridized carbons (Fsp3) is 0.562. The van der Waals surface area contributed by atoms with Crippen molar-refractivity contribution in [3.8, 4) is 0 Å². The second kappa shape index (κ2) is 5.47. The van der Waals surface area contributed by atoms with Gasteiger partial charge >= 0.3 is 0 Å². The third-order valence-electron chi connectivity index (χ3n) is 4.49. The largest absolute Gasteiger partial charge is 0.342 e. The van der Waals surface area contributed by atoms with Crippen molar-refractivity contribution in [2.24, 2.45) is 0 Å². The summed E-state index contributed by atoms with van der Waals surface area (Å²) in [6.45, 7) is 2.96. The molecule has 0 radical (unpaired) electrons. The van der Waals surface area contributed by atoms with E-state index < -0.39 is 5.54 Å². The van der Waals surface area contributed by atoms with Gasteiger partial charge in [-0.2, -0.15) is 0 Å². The summed E-state index contributed by atoms with van der Waals surface area (Å²) in [7, 11) is 0. The molecule has 112 valence electrons. The zero-order chi connectivity index (χ0) is 14.9. The molecule has 1 aromatic rings. The van der Waals surface area contributed by atoms with Gasteiger partial charge in [-0.3, -0.25) is 14.6 Å². The van der Waals surface area contributed by atoms with E-state index in [-0.39, 0.29) is 11.8 Å².